The molecule has 1 fully saturated rings. The summed E-state index contributed by atoms with van der Waals surface area (Å²) in [7, 11) is 2.11. The summed E-state index contributed by atoms with van der Waals surface area (Å²) in [5.41, 5.74) is 3.67. The lowest BCUT2D eigenvalue weighted by molar-refractivity contribution is -0.129. The van der Waals surface area contributed by atoms with Crippen LogP contribution in [0.4, 0.5) is 11.4 Å². The molecule has 6 nitrogen and oxygen atoms in total. The van der Waals surface area contributed by atoms with Crippen molar-refractivity contribution in [1.29, 1.82) is 0 Å². The smallest absolute Gasteiger partial charge is 0.226 e. The maximum Gasteiger partial charge on any atom is 0.226 e. The van der Waals surface area contributed by atoms with Gasteiger partial charge >= 0.3 is 0 Å². The number of carbonyl (C=O) groups is 2. The average Bonchev–Trinajstić information content (AvgIpc) is 2.74. The fraction of sp³-hybridized carbons (Fsp3) is 0.333. The number of amides is 2. The van der Waals surface area contributed by atoms with Gasteiger partial charge in [0.15, 0.2) is 0 Å². The van der Waals surface area contributed by atoms with Crippen LogP contribution in [-0.2, 0) is 9.59 Å². The number of piperazine rings is 1. The van der Waals surface area contributed by atoms with Crippen LogP contribution in [0.15, 0.2) is 48.7 Å². The normalized spacial score (nSPS) is 18.6. The van der Waals surface area contributed by atoms with Crippen molar-refractivity contribution in [2.24, 2.45) is 0 Å². The van der Waals surface area contributed by atoms with Crippen molar-refractivity contribution in [3.63, 3.8) is 0 Å². The van der Waals surface area contributed by atoms with Gasteiger partial charge in [0, 0.05) is 44.3 Å². The van der Waals surface area contributed by atoms with Crippen molar-refractivity contribution in [1.82, 2.24) is 9.80 Å². The summed E-state index contributed by atoms with van der Waals surface area (Å²) in [5.74, 6) is -0.247. The van der Waals surface area contributed by atoms with E-state index in [0.717, 1.165) is 43.0 Å². The Kier molecular flexibility index (Phi) is 6.30. The van der Waals surface area contributed by atoms with Crippen LogP contribution < -0.4 is 10.2 Å². The van der Waals surface area contributed by atoms with Gasteiger partial charge in [0.25, 0.3) is 0 Å². The SMILES string of the molecule is CC(=O)N1C=Cc2ccccc2[C@@H]1CC(=O)Nc1cc(Cl)ccc1N1CCN(C)CC1. The van der Waals surface area contributed by atoms with Gasteiger partial charge in [0.2, 0.25) is 11.8 Å². The van der Waals surface area contributed by atoms with Gasteiger partial charge in [-0.3, -0.25) is 9.59 Å². The summed E-state index contributed by atoms with van der Waals surface area (Å²) in [6.45, 7) is 5.23. The van der Waals surface area contributed by atoms with E-state index in [1.165, 1.54) is 6.92 Å². The highest BCUT2D eigenvalue weighted by atomic mass is 35.5. The first-order valence-corrected chi connectivity index (χ1v) is 10.9. The van der Waals surface area contributed by atoms with Crippen molar-refractivity contribution < 1.29 is 9.59 Å². The van der Waals surface area contributed by atoms with Crippen molar-refractivity contribution in [2.45, 2.75) is 19.4 Å². The molecule has 2 aliphatic rings. The molecule has 0 radical (unpaired) electrons. The van der Waals surface area contributed by atoms with E-state index in [0.29, 0.717) is 10.7 Å². The predicted molar refractivity (Wildman–Crippen MR) is 125 cm³/mol. The molecular formula is C24H27ClN4O2. The molecule has 0 unspecified atom stereocenters. The first-order valence-electron chi connectivity index (χ1n) is 10.5. The maximum absolute atomic E-state index is 13.1. The maximum atomic E-state index is 13.1. The van der Waals surface area contributed by atoms with E-state index >= 15 is 0 Å². The Morgan fingerprint density at radius 1 is 1.10 bits per heavy atom. The van der Waals surface area contributed by atoms with Crippen LogP contribution in [0.2, 0.25) is 5.02 Å². The highest BCUT2D eigenvalue weighted by Gasteiger charge is 2.28. The Bertz CT molecular complexity index is 1010. The van der Waals surface area contributed by atoms with Gasteiger partial charge in [-0.15, -0.1) is 0 Å². The monoisotopic (exact) mass is 438 g/mol. The van der Waals surface area contributed by atoms with Crippen LogP contribution in [0.1, 0.15) is 30.5 Å². The molecule has 7 heteroatoms. The van der Waals surface area contributed by atoms with Crippen LogP contribution >= 0.6 is 11.6 Å². The van der Waals surface area contributed by atoms with Crippen LogP contribution in [0.5, 0.6) is 0 Å². The second-order valence-corrected chi connectivity index (χ2v) is 8.53. The lowest BCUT2D eigenvalue weighted by Gasteiger charge is -2.35. The molecule has 1 saturated heterocycles. The quantitative estimate of drug-likeness (QED) is 0.784. The van der Waals surface area contributed by atoms with Gasteiger partial charge < -0.3 is 20.0 Å². The topological polar surface area (TPSA) is 55.9 Å². The molecule has 0 saturated carbocycles. The van der Waals surface area contributed by atoms with E-state index in [1.807, 2.05) is 42.5 Å². The van der Waals surface area contributed by atoms with E-state index in [9.17, 15) is 9.59 Å². The molecular weight excluding hydrogens is 412 g/mol. The zero-order valence-electron chi connectivity index (χ0n) is 17.8. The molecule has 0 spiro atoms. The van der Waals surface area contributed by atoms with Gasteiger partial charge in [-0.1, -0.05) is 35.9 Å². The van der Waals surface area contributed by atoms with E-state index < -0.39 is 0 Å². The molecule has 2 heterocycles. The lowest BCUT2D eigenvalue weighted by atomic mass is 9.93. The average molecular weight is 439 g/mol. The number of nitrogens with one attached hydrogen (secondary N) is 1. The number of rotatable bonds is 4. The highest BCUT2D eigenvalue weighted by molar-refractivity contribution is 6.31. The molecule has 2 aromatic rings. The predicted octanol–water partition coefficient (Wildman–Crippen LogP) is 3.99. The number of anilines is 2. The third kappa shape index (κ3) is 4.75. The standard InChI is InChI=1S/C24H27ClN4O2/c1-17(30)29-10-9-18-5-3-4-6-20(18)23(29)16-24(31)26-21-15-19(25)7-8-22(21)28-13-11-27(2)12-14-28/h3-10,15,23H,11-14,16H2,1-2H3,(H,26,31)/t23-/m0/s1. The van der Waals surface area contributed by atoms with Gasteiger partial charge in [0.05, 0.1) is 23.8 Å². The van der Waals surface area contributed by atoms with Gasteiger partial charge in [-0.25, -0.2) is 0 Å². The number of fused-ring (bicyclic) bond motifs is 1. The van der Waals surface area contributed by atoms with E-state index in [2.05, 4.69) is 22.2 Å². The molecule has 1 N–H and O–H groups in total. The molecule has 31 heavy (non-hydrogen) atoms. The molecule has 1 atom stereocenters. The number of hydrogen-bond donors (Lipinski definition) is 1. The van der Waals surface area contributed by atoms with E-state index in [-0.39, 0.29) is 24.3 Å². The molecule has 2 aromatic carbocycles. The first-order chi connectivity index (χ1) is 14.9. The fourth-order valence-electron chi connectivity index (χ4n) is 4.22. The highest BCUT2D eigenvalue weighted by Crippen LogP contribution is 2.34. The minimum atomic E-state index is -0.343. The minimum absolute atomic E-state index is 0.0931. The Labute approximate surface area is 188 Å². The van der Waals surface area contributed by atoms with Gasteiger partial charge in [0.1, 0.15) is 0 Å². The zero-order valence-corrected chi connectivity index (χ0v) is 18.6. The summed E-state index contributed by atoms with van der Waals surface area (Å²) < 4.78 is 0. The summed E-state index contributed by atoms with van der Waals surface area (Å²) in [5, 5.41) is 3.63. The molecule has 2 aliphatic heterocycles. The summed E-state index contributed by atoms with van der Waals surface area (Å²) in [6.07, 6.45) is 3.83. The number of benzene rings is 2. The summed E-state index contributed by atoms with van der Waals surface area (Å²) in [6, 6.07) is 13.1. The lowest BCUT2D eigenvalue weighted by Crippen LogP contribution is -2.44. The van der Waals surface area contributed by atoms with Gasteiger partial charge in [-0.05, 0) is 42.4 Å². The van der Waals surface area contributed by atoms with Gasteiger partial charge in [-0.2, -0.15) is 0 Å². The molecule has 0 bridgehead atoms. The molecule has 0 aromatic heterocycles. The molecule has 2 amide bonds. The van der Waals surface area contributed by atoms with E-state index in [1.54, 1.807) is 17.2 Å². The number of carbonyl (C=O) groups excluding carboxylic acids is 2. The molecule has 162 valence electrons. The van der Waals surface area contributed by atoms with E-state index in [4.69, 9.17) is 11.6 Å². The van der Waals surface area contributed by atoms with Crippen LogP contribution in [0.25, 0.3) is 6.08 Å². The first kappa shape index (κ1) is 21.4. The number of nitrogens with zero attached hydrogens (tertiary/aromatic N) is 3. The second kappa shape index (κ2) is 9.12. The second-order valence-electron chi connectivity index (χ2n) is 8.09. The van der Waals surface area contributed by atoms with Crippen molar-refractivity contribution in [3.05, 3.63) is 64.8 Å². The molecule has 0 aliphatic carbocycles. The summed E-state index contributed by atoms with van der Waals surface area (Å²) >= 11 is 6.25. The van der Waals surface area contributed by atoms with Crippen molar-refractivity contribution in [2.75, 3.05) is 43.4 Å². The third-order valence-corrected chi connectivity index (χ3v) is 6.16. The summed E-state index contributed by atoms with van der Waals surface area (Å²) in [4.78, 5) is 31.5. The van der Waals surface area contributed by atoms with Crippen molar-refractivity contribution >= 4 is 40.9 Å². The third-order valence-electron chi connectivity index (χ3n) is 5.92. The fourth-order valence-corrected chi connectivity index (χ4v) is 4.39. The number of hydrogen-bond acceptors (Lipinski definition) is 4. The number of halogens is 1. The molecule has 4 rings (SSSR count). The van der Waals surface area contributed by atoms with Crippen LogP contribution in [0, 0.1) is 0 Å². The Hall–Kier alpha value is -2.83. The Balaban J connectivity index is 1.55. The largest absolute Gasteiger partial charge is 0.367 e. The van der Waals surface area contributed by atoms with Crippen molar-refractivity contribution in [3.8, 4) is 0 Å². The van der Waals surface area contributed by atoms with Crippen LogP contribution in [0.3, 0.4) is 0 Å². The Morgan fingerprint density at radius 3 is 2.58 bits per heavy atom. The minimum Gasteiger partial charge on any atom is -0.367 e. The Morgan fingerprint density at radius 2 is 1.84 bits per heavy atom. The number of likely N-dealkylation sites (N-methyl/N-ethyl adjacent to an activating group) is 1. The van der Waals surface area contributed by atoms with Crippen LogP contribution in [-0.4, -0.2) is 54.8 Å². The zero-order chi connectivity index (χ0) is 22.0.